The summed E-state index contributed by atoms with van der Waals surface area (Å²) in [6, 6.07) is 11.4. The number of aliphatic hydroxyl groups excluding tert-OH is 2. The third-order valence-electron chi connectivity index (χ3n) is 26.7. The first kappa shape index (κ1) is 102. The van der Waals surface area contributed by atoms with Crippen molar-refractivity contribution in [3.63, 3.8) is 0 Å². The number of nitrogens with one attached hydrogen (secondary N) is 2. The molecule has 1 aliphatic carbocycles. The molecule has 15 atom stereocenters. The molecule has 136 heavy (non-hydrogen) atoms. The lowest BCUT2D eigenvalue weighted by Gasteiger charge is -2.42. The van der Waals surface area contributed by atoms with Crippen LogP contribution in [0, 0.1) is 29.6 Å². The van der Waals surface area contributed by atoms with Crippen LogP contribution < -0.4 is 37.6 Å². The predicted octanol–water partition coefficient (Wildman–Crippen LogP) is 7.06. The zero-order valence-corrected chi connectivity index (χ0v) is 79.0. The van der Waals surface area contributed by atoms with Gasteiger partial charge >= 0.3 is 12.1 Å². The third-order valence-corrected chi connectivity index (χ3v) is 26.7. The number of hydrogen-bond donors (Lipinski definition) is 8. The van der Waals surface area contributed by atoms with Gasteiger partial charge in [0, 0.05) is 158 Å². The van der Waals surface area contributed by atoms with E-state index in [9.17, 15) is 58.5 Å². The van der Waals surface area contributed by atoms with Gasteiger partial charge in [0.15, 0.2) is 22.8 Å². The molecule has 11 N–H and O–H groups in total. The number of allylic oxidation sites excluding steroid dienone is 6. The number of esters is 1. The fourth-order valence-corrected chi connectivity index (χ4v) is 18.7. The Morgan fingerprint density at radius 1 is 0.735 bits per heavy atom. The van der Waals surface area contributed by atoms with Gasteiger partial charge in [-0.3, -0.25) is 38.5 Å². The number of amides is 4. The molecule has 5 aliphatic heterocycles. The maximum Gasteiger partial charge on any atom is 0.407 e. The van der Waals surface area contributed by atoms with Gasteiger partial charge in [-0.2, -0.15) is 10.1 Å². The summed E-state index contributed by atoms with van der Waals surface area (Å²) in [4.78, 5) is 160. The van der Waals surface area contributed by atoms with Gasteiger partial charge in [0.1, 0.15) is 47.5 Å². The van der Waals surface area contributed by atoms with Gasteiger partial charge in [-0.15, -0.1) is 0 Å². The second-order valence-electron chi connectivity index (χ2n) is 36.9. The Balaban J connectivity index is 0.508. The molecule has 2 aromatic carbocycles. The number of aliphatic hydroxyl groups is 3. The van der Waals surface area contributed by atoms with E-state index in [0.717, 1.165) is 32.5 Å². The van der Waals surface area contributed by atoms with Gasteiger partial charge in [-0.05, 0) is 155 Å². The normalized spacial score (nSPS) is 26.6. The number of likely N-dealkylation sites (N-methyl/N-ethyl adjacent to an activating group) is 1. The minimum absolute atomic E-state index is 0.00273. The van der Waals surface area contributed by atoms with Crippen LogP contribution in [-0.4, -0.2) is 290 Å². The number of piperazine rings is 1. The van der Waals surface area contributed by atoms with E-state index in [2.05, 4.69) is 58.7 Å². The highest BCUT2D eigenvalue weighted by Crippen LogP contribution is 2.40. The summed E-state index contributed by atoms with van der Waals surface area (Å²) in [5.74, 6) is -9.05. The number of aromatic nitrogens is 8. The number of nitrogens with two attached hydrogens (primary N) is 3. The average Bonchev–Trinajstić information content (AvgIpc) is 1.41. The number of carbonyl (C=O) groups is 9. The number of cyclic esters (lactones) is 1. The number of pyridine rings is 1. The number of oxazole rings is 1. The van der Waals surface area contributed by atoms with Crippen LogP contribution in [-0.2, 0) is 92.8 Å². The number of hydrogen-bond acceptors (Lipinski definition) is 33. The van der Waals surface area contributed by atoms with Crippen molar-refractivity contribution in [2.24, 2.45) is 35.3 Å². The Hall–Kier alpha value is -11.7. The van der Waals surface area contributed by atoms with Crippen molar-refractivity contribution in [2.75, 3.05) is 128 Å². The van der Waals surface area contributed by atoms with Crippen LogP contribution in [0.1, 0.15) is 158 Å². The smallest absolute Gasteiger partial charge is 0.407 e. The number of piperidine rings is 1. The lowest BCUT2D eigenvalue weighted by atomic mass is 9.80. The predicted molar refractivity (Wildman–Crippen MR) is 504 cm³/mol. The van der Waals surface area contributed by atoms with Gasteiger partial charge in [0.05, 0.1) is 81.7 Å². The number of carbonyl (C=O) groups excluding carboxylic acids is 9. The summed E-state index contributed by atoms with van der Waals surface area (Å²) in [5.41, 5.74) is 28.4. The largest absolute Gasteiger partial charge is 0.459 e. The van der Waals surface area contributed by atoms with Crippen molar-refractivity contribution in [1.82, 2.24) is 65.0 Å². The van der Waals surface area contributed by atoms with Crippen LogP contribution in [0.2, 0.25) is 0 Å². The van der Waals surface area contributed by atoms with E-state index in [1.54, 1.807) is 64.5 Å². The van der Waals surface area contributed by atoms with E-state index < -0.39 is 120 Å². The minimum atomic E-state index is -2.52. The van der Waals surface area contributed by atoms with E-state index in [-0.39, 0.29) is 126 Å². The molecule has 10 heterocycles. The number of rotatable bonds is 27. The lowest BCUT2D eigenvalue weighted by molar-refractivity contribution is -0.265. The second-order valence-corrected chi connectivity index (χ2v) is 36.9. The van der Waals surface area contributed by atoms with Crippen molar-refractivity contribution in [3.8, 4) is 11.3 Å². The molecule has 0 radical (unpaired) electrons. The molecule has 5 aromatic heterocycles. The summed E-state index contributed by atoms with van der Waals surface area (Å²) >= 11 is 0. The summed E-state index contributed by atoms with van der Waals surface area (Å²) in [6.07, 6.45) is 15.2. The van der Waals surface area contributed by atoms with Crippen molar-refractivity contribution in [2.45, 2.75) is 212 Å². The average molecular weight is 1880 g/mol. The molecule has 13 rings (SSSR count). The highest BCUT2D eigenvalue weighted by molar-refractivity contribution is 6.39. The van der Waals surface area contributed by atoms with Crippen LogP contribution in [0.4, 0.5) is 28.4 Å². The molecule has 4 amide bonds. The first-order valence-corrected chi connectivity index (χ1v) is 47.1. The summed E-state index contributed by atoms with van der Waals surface area (Å²) in [6.45, 7) is 15.1. The third kappa shape index (κ3) is 26.1. The molecule has 4 fully saturated rings. The quantitative estimate of drug-likeness (QED) is 0.00839. The number of nitrogen functional groups attached to an aromatic ring is 2. The SMILES string of the molecule is CO[C@H]1C[C@@H]2CC[C@@H](C)[C@@](O)(O2)C(=O)C(=O)N2CCCC[C@H]2C(=O)O[C@H]([C@H](N)C[C@@H]2CC[C@@H](OC(=O)NCc3cnc(N4CCN(c5ncc(C(=O)CN(C)CC(=O)NCCOCCOCCC(=O)N6CCc7cc(Cn8nc(-c9ccc%10oc(N)nc%10c9)c9c(N)ccnc98)ccc7C6)cn5)CC4)nc3)[C@H](OC)C2)CC(=O)[C@H](C)/C=C(\C)[C@@H](O)[C@@H](O)C(=O)[C@H](C)C[C@H](C)/C=C/C=C/C=C/1C. The van der Waals surface area contributed by atoms with E-state index in [0.29, 0.717) is 155 Å². The lowest BCUT2D eigenvalue weighted by Crippen LogP contribution is -2.61. The second kappa shape index (κ2) is 47.4. The summed E-state index contributed by atoms with van der Waals surface area (Å²) < 4.78 is 48.9. The summed E-state index contributed by atoms with van der Waals surface area (Å²) in [5, 5.41) is 46.0. The molecule has 7 aromatic rings. The number of alkyl carbamates (subject to hydrolysis) is 1. The summed E-state index contributed by atoms with van der Waals surface area (Å²) in [7, 11) is 4.72. The Kier molecular flexibility index (Phi) is 35.4. The molecule has 6 aliphatic rings. The molecule has 3 saturated heterocycles. The van der Waals surface area contributed by atoms with Crippen LogP contribution in [0.15, 0.2) is 125 Å². The Morgan fingerprint density at radius 2 is 1.47 bits per heavy atom. The monoisotopic (exact) mass is 1880 g/mol. The molecule has 38 nitrogen and oxygen atoms in total. The number of nitrogens with zero attached hydrogens (tertiary/aromatic N) is 13. The molecular formula is C98H130N18O20. The van der Waals surface area contributed by atoms with Crippen LogP contribution in [0.3, 0.4) is 0 Å². The molecule has 732 valence electrons. The molecule has 2 bridgehead atoms. The first-order valence-electron chi connectivity index (χ1n) is 47.1. The van der Waals surface area contributed by atoms with Gasteiger partial charge in [0.25, 0.3) is 17.7 Å². The number of ether oxygens (including phenoxy) is 7. The number of methoxy groups -OCH3 is 2. The number of fused-ring (bicyclic) bond motifs is 6. The zero-order valence-electron chi connectivity index (χ0n) is 79.0. The number of benzene rings is 2. The Bertz CT molecular complexity index is 5490. The molecule has 0 spiro atoms. The highest BCUT2D eigenvalue weighted by Gasteiger charge is 2.53. The Labute approximate surface area is 790 Å². The molecule has 0 unspecified atom stereocenters. The number of anilines is 4. The minimum Gasteiger partial charge on any atom is -0.459 e. The maximum atomic E-state index is 14.7. The number of Topliss-reactive ketones (excluding diaryl/α,β-unsaturated/α-hetero) is 4. The van der Waals surface area contributed by atoms with Gasteiger partial charge in [-0.25, -0.2) is 39.2 Å². The standard InChI is InChI=1S/C98H130N18O20/c1-58-15-11-10-12-16-59(2)80(129-8)47-71-23-18-63(6)98(128,136-71)90(124)92(125)115-31-14-13-17-75(115)93(126)133-81(48-76(117)60(3)42-62(5)88(122)89(123)87(121)61(4)41-58)73(100)44-64-20-24-79(82(45-64)130-9)135-97(127)108-51-66-49-104-95(105-50-66)112-33-35-113(36-34-112)96-106-52-70(53-107-96)77(118)56-111(7)57-83(119)102-30-38-132-40-39-131-37-28-84(120)114-32-27-67-43-65(19-21-69(67)55-114)54-116-91-85(72(99)26-29-103-91)86(110-116)68-22-25-78-74(46-68)109-94(101)134-78/h10-12,15-16,19,21-22,25-26,29,42-43,46,49-50,52-53,58,60-61,63-64,71,73,75,79-82,88-89,122-123,128H,13-14,17-18,20,23-24,27-28,30-41,44-45,47-48,51,54-57,100H2,1-9H3,(H2,99,103)(H2,101,109)(H,102,119)(H,108,127)/b12-10+,15-11+,59-16+,62-42+/t58-,60-,61-,63-,64+,71+,73-,75+,79-,80+,81+,82-,88-,89+,98-/m1/s1. The number of ketones is 4. The topological polar surface area (TPSA) is 506 Å². The van der Waals surface area contributed by atoms with Gasteiger partial charge in [0.2, 0.25) is 29.5 Å². The van der Waals surface area contributed by atoms with Crippen LogP contribution >= 0.6 is 0 Å². The fraction of sp³-hybridized carbons (Fsp3) is 0.551. The first-order chi connectivity index (χ1) is 65.3. The van der Waals surface area contributed by atoms with Gasteiger partial charge < -0.3 is 100 Å². The van der Waals surface area contributed by atoms with Crippen molar-refractivity contribution >= 4 is 98.6 Å². The maximum absolute atomic E-state index is 14.7. The fourth-order valence-electron chi connectivity index (χ4n) is 18.7. The zero-order chi connectivity index (χ0) is 97.0. The van der Waals surface area contributed by atoms with Crippen molar-refractivity contribution in [1.29, 1.82) is 0 Å². The highest BCUT2D eigenvalue weighted by atomic mass is 16.6. The van der Waals surface area contributed by atoms with Crippen molar-refractivity contribution in [3.05, 3.63) is 149 Å². The molecule has 1 saturated carbocycles. The van der Waals surface area contributed by atoms with Crippen molar-refractivity contribution < 1.29 is 96.0 Å². The molecular weight excluding hydrogens is 1750 g/mol. The van der Waals surface area contributed by atoms with E-state index in [4.69, 9.17) is 59.9 Å². The van der Waals surface area contributed by atoms with Crippen LogP contribution in [0.25, 0.3) is 33.4 Å². The van der Waals surface area contributed by atoms with E-state index in [1.807, 2.05) is 81.8 Å². The Morgan fingerprint density at radius 3 is 2.21 bits per heavy atom. The van der Waals surface area contributed by atoms with E-state index in [1.165, 1.54) is 38.1 Å². The van der Waals surface area contributed by atoms with Crippen LogP contribution in [0.5, 0.6) is 0 Å². The van der Waals surface area contributed by atoms with Gasteiger partial charge in [-0.1, -0.05) is 82.4 Å². The van der Waals surface area contributed by atoms with E-state index >= 15 is 0 Å². The molecule has 38 heteroatoms.